The van der Waals surface area contributed by atoms with Gasteiger partial charge in [-0.1, -0.05) is 25.0 Å². The van der Waals surface area contributed by atoms with Gasteiger partial charge < -0.3 is 20.3 Å². The second kappa shape index (κ2) is 10.1. The zero-order valence-corrected chi connectivity index (χ0v) is 16.3. The molecule has 1 aliphatic carbocycles. The molecule has 2 aliphatic rings. The van der Waals surface area contributed by atoms with Crippen molar-refractivity contribution in [2.24, 2.45) is 0 Å². The third kappa shape index (κ3) is 5.04. The maximum atomic E-state index is 12.6. The third-order valence-corrected chi connectivity index (χ3v) is 5.77. The van der Waals surface area contributed by atoms with Crippen molar-refractivity contribution >= 4 is 23.4 Å². The van der Waals surface area contributed by atoms with Gasteiger partial charge in [0.25, 0.3) is 6.47 Å². The lowest BCUT2D eigenvalue weighted by Crippen LogP contribution is -2.42. The van der Waals surface area contributed by atoms with E-state index in [1.807, 2.05) is 17.2 Å². The normalized spacial score (nSPS) is 18.4. The summed E-state index contributed by atoms with van der Waals surface area (Å²) in [6.07, 6.45) is 8.45. The molecule has 1 aromatic carbocycles. The van der Waals surface area contributed by atoms with E-state index in [1.165, 1.54) is 31.1 Å². The number of aromatic amines is 1. The van der Waals surface area contributed by atoms with Gasteiger partial charge in [0.05, 0.1) is 0 Å². The molecule has 1 saturated heterocycles. The average Bonchev–Trinajstić information content (AvgIpc) is 3.35. The summed E-state index contributed by atoms with van der Waals surface area (Å²) in [6.45, 7) is 4.19. The number of fused-ring (bicyclic) bond motifs is 1. The number of H-pyrrole nitrogens is 1. The van der Waals surface area contributed by atoms with Gasteiger partial charge in [-0.15, -0.1) is 0 Å². The van der Waals surface area contributed by atoms with Crippen molar-refractivity contribution in [3.8, 4) is 0 Å². The maximum Gasteiger partial charge on any atom is 0.317 e. The second-order valence-electron chi connectivity index (χ2n) is 7.44. The molecule has 1 saturated carbocycles. The Balaban J connectivity index is 0.000000706. The molecule has 7 nitrogen and oxygen atoms in total. The molecule has 0 radical (unpaired) electrons. The summed E-state index contributed by atoms with van der Waals surface area (Å²) in [4.78, 5) is 28.8. The molecule has 0 unspecified atom stereocenters. The predicted octanol–water partition coefficient (Wildman–Crippen LogP) is 3.03. The molecule has 3 N–H and O–H groups in total. The molecule has 152 valence electrons. The summed E-state index contributed by atoms with van der Waals surface area (Å²) < 4.78 is 0. The van der Waals surface area contributed by atoms with Crippen LogP contribution in [0.15, 0.2) is 30.5 Å². The Bertz CT molecular complexity index is 770. The number of carbonyl (C=O) groups excluding carboxylic acids is 1. The summed E-state index contributed by atoms with van der Waals surface area (Å²) in [5, 5.41) is 11.2. The zero-order valence-electron chi connectivity index (χ0n) is 16.3. The van der Waals surface area contributed by atoms with Crippen molar-refractivity contribution in [2.75, 3.05) is 26.2 Å². The minimum atomic E-state index is -0.250. The van der Waals surface area contributed by atoms with Crippen LogP contribution in [0.2, 0.25) is 0 Å². The van der Waals surface area contributed by atoms with Crippen LogP contribution in [-0.4, -0.2) is 64.6 Å². The highest BCUT2D eigenvalue weighted by Crippen LogP contribution is 2.24. The minimum absolute atomic E-state index is 0.0702. The molecular weight excluding hydrogens is 356 g/mol. The van der Waals surface area contributed by atoms with Crippen molar-refractivity contribution in [3.05, 3.63) is 36.0 Å². The Morgan fingerprint density at radius 3 is 2.71 bits per heavy atom. The maximum absolute atomic E-state index is 12.6. The molecule has 1 aliphatic heterocycles. The van der Waals surface area contributed by atoms with Gasteiger partial charge in [0.15, 0.2) is 0 Å². The van der Waals surface area contributed by atoms with E-state index in [0.717, 1.165) is 49.7 Å². The number of nitrogens with zero attached hydrogens (tertiary/aromatic N) is 2. The highest BCUT2D eigenvalue weighted by atomic mass is 16.3. The number of aromatic nitrogens is 1. The SMILES string of the molecule is O=C(NCc1cccc2[nH]ccc12)N1CCCN(C2CCCC2)CC1.O=CO. The lowest BCUT2D eigenvalue weighted by atomic mass is 10.1. The average molecular weight is 386 g/mol. The van der Waals surface area contributed by atoms with Crippen LogP contribution in [0.3, 0.4) is 0 Å². The topological polar surface area (TPSA) is 88.7 Å². The molecule has 1 aromatic heterocycles. The van der Waals surface area contributed by atoms with Gasteiger partial charge in [0.2, 0.25) is 0 Å². The van der Waals surface area contributed by atoms with Gasteiger partial charge in [-0.2, -0.15) is 0 Å². The van der Waals surface area contributed by atoms with Crippen LogP contribution < -0.4 is 5.32 Å². The van der Waals surface area contributed by atoms with Crippen molar-refractivity contribution < 1.29 is 14.7 Å². The summed E-state index contributed by atoms with van der Waals surface area (Å²) in [7, 11) is 0. The van der Waals surface area contributed by atoms with Crippen molar-refractivity contribution in [3.63, 3.8) is 0 Å². The number of carboxylic acid groups (broad SMARTS) is 1. The summed E-state index contributed by atoms with van der Waals surface area (Å²) in [5.41, 5.74) is 2.28. The van der Waals surface area contributed by atoms with E-state index < -0.39 is 0 Å². The van der Waals surface area contributed by atoms with E-state index in [2.05, 4.69) is 33.4 Å². The van der Waals surface area contributed by atoms with Gasteiger partial charge >= 0.3 is 6.03 Å². The molecule has 2 fully saturated rings. The quantitative estimate of drug-likeness (QED) is 0.708. The number of amides is 2. The number of nitrogens with one attached hydrogen (secondary N) is 2. The first-order valence-corrected chi connectivity index (χ1v) is 10.1. The number of rotatable bonds is 3. The van der Waals surface area contributed by atoms with Crippen molar-refractivity contribution in [2.45, 2.75) is 44.7 Å². The number of hydrogen-bond donors (Lipinski definition) is 3. The number of benzene rings is 1. The van der Waals surface area contributed by atoms with E-state index in [9.17, 15) is 4.79 Å². The standard InChI is InChI=1S/C20H28N4O.CH2O2/c25-20(22-15-16-5-3-8-19-18(16)9-10-21-19)24-12-4-11-23(13-14-24)17-6-1-2-7-17;2-1-3/h3,5,8-10,17,21H,1-2,4,6-7,11-15H2,(H,22,25);1H,(H,2,3). The van der Waals surface area contributed by atoms with Crippen LogP contribution in [0.4, 0.5) is 4.79 Å². The van der Waals surface area contributed by atoms with E-state index in [0.29, 0.717) is 6.54 Å². The first kappa shape index (κ1) is 20.2. The molecule has 0 bridgehead atoms. The number of hydrogen-bond acceptors (Lipinski definition) is 3. The van der Waals surface area contributed by atoms with Crippen LogP contribution in [0, 0.1) is 0 Å². The third-order valence-electron chi connectivity index (χ3n) is 5.77. The lowest BCUT2D eigenvalue weighted by Gasteiger charge is -2.27. The van der Waals surface area contributed by atoms with Crippen LogP contribution in [-0.2, 0) is 11.3 Å². The lowest BCUT2D eigenvalue weighted by molar-refractivity contribution is -0.122. The first-order valence-electron chi connectivity index (χ1n) is 10.1. The number of urea groups is 1. The highest BCUT2D eigenvalue weighted by molar-refractivity contribution is 5.83. The van der Waals surface area contributed by atoms with E-state index >= 15 is 0 Å². The number of carbonyl (C=O) groups is 2. The fraction of sp³-hybridized carbons (Fsp3) is 0.524. The van der Waals surface area contributed by atoms with Crippen LogP contribution in [0.25, 0.3) is 10.9 Å². The molecule has 4 rings (SSSR count). The summed E-state index contributed by atoms with van der Waals surface area (Å²) in [5.74, 6) is 0. The van der Waals surface area contributed by atoms with Crippen molar-refractivity contribution in [1.82, 2.24) is 20.1 Å². The molecular formula is C21H30N4O3. The van der Waals surface area contributed by atoms with Gasteiger partial charge in [0.1, 0.15) is 0 Å². The van der Waals surface area contributed by atoms with E-state index in [-0.39, 0.29) is 12.5 Å². The molecule has 2 aromatic rings. The monoisotopic (exact) mass is 386 g/mol. The van der Waals surface area contributed by atoms with Gasteiger partial charge in [0, 0.05) is 55.9 Å². The molecule has 2 heterocycles. The summed E-state index contributed by atoms with van der Waals surface area (Å²) in [6, 6.07) is 9.08. The fourth-order valence-electron chi connectivity index (χ4n) is 4.36. The zero-order chi connectivity index (χ0) is 19.8. The fourth-order valence-corrected chi connectivity index (χ4v) is 4.36. The second-order valence-corrected chi connectivity index (χ2v) is 7.44. The van der Waals surface area contributed by atoms with Crippen LogP contribution in [0.1, 0.15) is 37.7 Å². The highest BCUT2D eigenvalue weighted by Gasteiger charge is 2.26. The van der Waals surface area contributed by atoms with E-state index in [1.54, 1.807) is 0 Å². The first-order chi connectivity index (χ1) is 13.7. The Kier molecular flexibility index (Phi) is 7.31. The van der Waals surface area contributed by atoms with Gasteiger partial charge in [-0.3, -0.25) is 9.69 Å². The Morgan fingerprint density at radius 1 is 1.14 bits per heavy atom. The Hall–Kier alpha value is -2.54. The largest absolute Gasteiger partial charge is 0.483 e. The minimum Gasteiger partial charge on any atom is -0.483 e. The predicted molar refractivity (Wildman–Crippen MR) is 109 cm³/mol. The molecule has 0 spiro atoms. The van der Waals surface area contributed by atoms with Gasteiger partial charge in [-0.25, -0.2) is 4.79 Å². The Morgan fingerprint density at radius 2 is 1.93 bits per heavy atom. The van der Waals surface area contributed by atoms with Crippen molar-refractivity contribution in [1.29, 1.82) is 0 Å². The smallest absolute Gasteiger partial charge is 0.317 e. The molecule has 28 heavy (non-hydrogen) atoms. The van der Waals surface area contributed by atoms with Crippen LogP contribution in [0.5, 0.6) is 0 Å². The molecule has 0 atom stereocenters. The van der Waals surface area contributed by atoms with Crippen LogP contribution >= 0.6 is 0 Å². The molecule has 2 amide bonds. The summed E-state index contributed by atoms with van der Waals surface area (Å²) >= 11 is 0. The Labute approximate surface area is 165 Å². The van der Waals surface area contributed by atoms with Gasteiger partial charge in [-0.05, 0) is 37.0 Å². The van der Waals surface area contributed by atoms with E-state index in [4.69, 9.17) is 9.90 Å². The molecule has 7 heteroatoms.